The minimum absolute atomic E-state index is 0.0265. The summed E-state index contributed by atoms with van der Waals surface area (Å²) in [5, 5.41) is 13.1. The van der Waals surface area contributed by atoms with Gasteiger partial charge in [0.05, 0.1) is 24.6 Å². The van der Waals surface area contributed by atoms with E-state index < -0.39 is 71.9 Å². The number of carbonyl (C=O) groups is 7. The van der Waals surface area contributed by atoms with Crippen LogP contribution < -0.4 is 37.1 Å². The second-order valence-corrected chi connectivity index (χ2v) is 10.9. The van der Waals surface area contributed by atoms with E-state index in [0.717, 1.165) is 0 Å². The minimum Gasteiger partial charge on any atom is -0.491 e. The highest BCUT2D eigenvalue weighted by Crippen LogP contribution is 2.19. The van der Waals surface area contributed by atoms with Crippen molar-refractivity contribution in [2.75, 3.05) is 26.2 Å². The Kier molecular flexibility index (Phi) is 11.4. The summed E-state index contributed by atoms with van der Waals surface area (Å²) < 4.78 is 5.85. The van der Waals surface area contributed by atoms with E-state index in [1.807, 2.05) is 0 Å². The smallest absolute Gasteiger partial charge is 0.255 e. The Morgan fingerprint density at radius 1 is 1.00 bits per heavy atom. The summed E-state index contributed by atoms with van der Waals surface area (Å²) in [6.45, 7) is 5.23. The van der Waals surface area contributed by atoms with Gasteiger partial charge in [0.25, 0.3) is 5.91 Å². The number of nitrogens with one attached hydrogen (secondary N) is 5. The summed E-state index contributed by atoms with van der Waals surface area (Å²) in [6, 6.07) is 2.06. The molecule has 0 spiro atoms. The number of nitrogens with zero attached hydrogens (tertiary/aromatic N) is 1. The summed E-state index contributed by atoms with van der Waals surface area (Å²) >= 11 is 0. The van der Waals surface area contributed by atoms with Crippen LogP contribution in [0.3, 0.4) is 0 Å². The van der Waals surface area contributed by atoms with Gasteiger partial charge < -0.3 is 42.0 Å². The van der Waals surface area contributed by atoms with Crippen molar-refractivity contribution in [3.63, 3.8) is 0 Å². The quantitative estimate of drug-likeness (QED) is 0.220. The molecule has 15 heteroatoms. The molecule has 234 valence electrons. The van der Waals surface area contributed by atoms with E-state index in [2.05, 4.69) is 26.6 Å². The fraction of sp³-hybridized carbons (Fsp3) is 0.536. The molecule has 7 N–H and O–H groups in total. The first kappa shape index (κ1) is 32.8. The Balaban J connectivity index is 1.98. The number of hydrogen-bond acceptors (Lipinski definition) is 8. The highest BCUT2D eigenvalue weighted by atomic mass is 16.5. The number of carbonyl (C=O) groups excluding carboxylic acids is 7. The highest BCUT2D eigenvalue weighted by Gasteiger charge is 2.34. The molecule has 0 unspecified atom stereocenters. The Morgan fingerprint density at radius 2 is 1.72 bits per heavy atom. The van der Waals surface area contributed by atoms with Gasteiger partial charge in [0.2, 0.25) is 35.4 Å². The monoisotopic (exact) mass is 601 g/mol. The lowest BCUT2D eigenvalue weighted by Crippen LogP contribution is -2.58. The molecule has 2 heterocycles. The number of hydrogen-bond donors (Lipinski definition) is 6. The molecule has 4 atom stereocenters. The van der Waals surface area contributed by atoms with Crippen molar-refractivity contribution in [2.24, 2.45) is 11.7 Å². The molecule has 43 heavy (non-hydrogen) atoms. The number of benzene rings is 1. The number of nitrogens with two attached hydrogens (primary N) is 1. The van der Waals surface area contributed by atoms with Crippen LogP contribution in [0, 0.1) is 5.92 Å². The topological polar surface area (TPSA) is 218 Å². The van der Waals surface area contributed by atoms with Crippen molar-refractivity contribution < 1.29 is 38.3 Å². The molecule has 7 amide bonds. The summed E-state index contributed by atoms with van der Waals surface area (Å²) in [4.78, 5) is 91.2. The highest BCUT2D eigenvalue weighted by molar-refractivity contribution is 6.01. The molecule has 2 aliphatic rings. The molecule has 3 rings (SSSR count). The summed E-state index contributed by atoms with van der Waals surface area (Å²) in [7, 11) is 0. The number of amides is 7. The Labute approximate surface area is 249 Å². The van der Waals surface area contributed by atoms with Gasteiger partial charge in [0.1, 0.15) is 30.5 Å². The minimum atomic E-state index is -1.41. The van der Waals surface area contributed by atoms with Crippen molar-refractivity contribution in [1.29, 1.82) is 0 Å². The van der Waals surface area contributed by atoms with Crippen molar-refractivity contribution in [3.05, 3.63) is 29.8 Å². The molecule has 0 aromatic heterocycles. The molecule has 0 saturated carbocycles. The SMILES string of the molecule is CC(C)[C@H]1NC(=O)[C@H](CCC(N)=O)NC(=O)C[C@@H](C(=O)N2CCNC(=O)C2)NC(=O)c2ccccc2OC[C@H](C)NC1=O. The predicted octanol–water partition coefficient (Wildman–Crippen LogP) is -2.08. The zero-order valence-electron chi connectivity index (χ0n) is 24.4. The van der Waals surface area contributed by atoms with Crippen LogP contribution in [-0.4, -0.2) is 96.7 Å². The fourth-order valence-corrected chi connectivity index (χ4v) is 4.64. The number of fused-ring (bicyclic) bond motifs is 1. The maximum absolute atomic E-state index is 13.5. The van der Waals surface area contributed by atoms with E-state index in [1.54, 1.807) is 39.0 Å². The third kappa shape index (κ3) is 9.41. The Hall–Kier alpha value is -4.69. The van der Waals surface area contributed by atoms with Gasteiger partial charge in [-0.3, -0.25) is 33.6 Å². The van der Waals surface area contributed by atoms with Gasteiger partial charge in [-0.2, -0.15) is 0 Å². The molecule has 1 aromatic rings. The Morgan fingerprint density at radius 3 is 2.40 bits per heavy atom. The van der Waals surface area contributed by atoms with Crippen LogP contribution in [-0.2, 0) is 28.8 Å². The lowest BCUT2D eigenvalue weighted by molar-refractivity contribution is -0.141. The molecular formula is C28H39N7O8. The van der Waals surface area contributed by atoms with Crippen molar-refractivity contribution in [2.45, 2.75) is 64.2 Å². The molecule has 1 fully saturated rings. The van der Waals surface area contributed by atoms with Crippen LogP contribution in [0.4, 0.5) is 0 Å². The normalized spacial score (nSPS) is 24.3. The van der Waals surface area contributed by atoms with E-state index in [9.17, 15) is 33.6 Å². The fourth-order valence-electron chi connectivity index (χ4n) is 4.64. The average Bonchev–Trinajstić information content (AvgIpc) is 2.95. The molecule has 0 aliphatic carbocycles. The van der Waals surface area contributed by atoms with Crippen LogP contribution in [0.5, 0.6) is 5.75 Å². The largest absolute Gasteiger partial charge is 0.491 e. The first-order valence-corrected chi connectivity index (χ1v) is 14.1. The van der Waals surface area contributed by atoms with E-state index in [1.165, 1.54) is 11.0 Å². The first-order valence-electron chi connectivity index (χ1n) is 14.1. The van der Waals surface area contributed by atoms with Gasteiger partial charge in [0, 0.05) is 19.5 Å². The van der Waals surface area contributed by atoms with Gasteiger partial charge in [0.15, 0.2) is 0 Å². The molecule has 15 nitrogen and oxygen atoms in total. The second kappa shape index (κ2) is 15.0. The van der Waals surface area contributed by atoms with E-state index in [-0.39, 0.29) is 56.3 Å². The van der Waals surface area contributed by atoms with E-state index >= 15 is 0 Å². The lowest BCUT2D eigenvalue weighted by Gasteiger charge is -2.30. The molecule has 1 aromatic carbocycles. The van der Waals surface area contributed by atoms with Crippen LogP contribution in [0.15, 0.2) is 24.3 Å². The predicted molar refractivity (Wildman–Crippen MR) is 152 cm³/mol. The standard InChI is InChI=1S/C28H39N7O8/c1-15(2)24-27(41)31-16(3)14-43-20-7-5-4-6-17(20)25(39)33-19(28(42)35-11-10-30-23(38)13-35)12-22(37)32-18(26(40)34-24)8-9-21(29)36/h4-7,15-16,18-19,24H,8-14H2,1-3H3,(H2,29,36)(H,30,38)(H,31,41)(H,32,37)(H,33,39)(H,34,40)/t16-,18-,19-,24+/m0/s1. The average molecular weight is 602 g/mol. The first-order chi connectivity index (χ1) is 20.3. The molecular weight excluding hydrogens is 562 g/mol. The lowest BCUT2D eigenvalue weighted by atomic mass is 10.0. The van der Waals surface area contributed by atoms with Crippen LogP contribution in [0.1, 0.15) is 50.4 Å². The molecule has 0 radical (unpaired) electrons. The van der Waals surface area contributed by atoms with Crippen LogP contribution >= 0.6 is 0 Å². The summed E-state index contributed by atoms with van der Waals surface area (Å²) in [6.07, 6.45) is -1.00. The van der Waals surface area contributed by atoms with Gasteiger partial charge in [-0.15, -0.1) is 0 Å². The second-order valence-electron chi connectivity index (χ2n) is 10.9. The maximum Gasteiger partial charge on any atom is 0.255 e. The summed E-state index contributed by atoms with van der Waals surface area (Å²) in [5.41, 5.74) is 5.36. The van der Waals surface area contributed by atoms with Gasteiger partial charge in [-0.1, -0.05) is 26.0 Å². The summed E-state index contributed by atoms with van der Waals surface area (Å²) in [5.74, 6) is -4.68. The maximum atomic E-state index is 13.5. The molecule has 0 bridgehead atoms. The molecule has 1 saturated heterocycles. The van der Waals surface area contributed by atoms with Gasteiger partial charge >= 0.3 is 0 Å². The number of para-hydroxylation sites is 1. The number of rotatable bonds is 5. The van der Waals surface area contributed by atoms with E-state index in [4.69, 9.17) is 10.5 Å². The van der Waals surface area contributed by atoms with Crippen molar-refractivity contribution >= 4 is 41.4 Å². The molecule has 2 aliphatic heterocycles. The third-order valence-electron chi connectivity index (χ3n) is 6.93. The number of piperazine rings is 1. The van der Waals surface area contributed by atoms with E-state index in [0.29, 0.717) is 0 Å². The van der Waals surface area contributed by atoms with Crippen molar-refractivity contribution in [3.8, 4) is 5.75 Å². The van der Waals surface area contributed by atoms with Gasteiger partial charge in [-0.25, -0.2) is 0 Å². The van der Waals surface area contributed by atoms with Gasteiger partial charge in [-0.05, 0) is 31.4 Å². The van der Waals surface area contributed by atoms with Crippen LogP contribution in [0.2, 0.25) is 0 Å². The van der Waals surface area contributed by atoms with Crippen molar-refractivity contribution in [1.82, 2.24) is 31.5 Å². The Bertz CT molecular complexity index is 1250. The number of ether oxygens (including phenoxy) is 1. The zero-order valence-corrected chi connectivity index (χ0v) is 24.4. The zero-order chi connectivity index (χ0) is 31.7. The number of primary amides is 1. The third-order valence-corrected chi connectivity index (χ3v) is 6.93. The van der Waals surface area contributed by atoms with Crippen LogP contribution in [0.25, 0.3) is 0 Å².